The Kier molecular flexibility index (Phi) is 4.57. The molecule has 0 saturated heterocycles. The highest BCUT2D eigenvalue weighted by molar-refractivity contribution is 5.29. The third-order valence-corrected chi connectivity index (χ3v) is 4.05. The highest BCUT2D eigenvalue weighted by Crippen LogP contribution is 2.29. The Morgan fingerprint density at radius 1 is 1.10 bits per heavy atom. The van der Waals surface area contributed by atoms with Crippen LogP contribution in [0.2, 0.25) is 0 Å². The van der Waals surface area contributed by atoms with Crippen LogP contribution in [0.25, 0.3) is 0 Å². The molecular formula is C16H22N2O2. The zero-order valence-corrected chi connectivity index (χ0v) is 12.1. The Balaban J connectivity index is 2.21. The maximum Gasteiger partial charge on any atom is 0.0550 e. The first-order valence-corrected chi connectivity index (χ1v) is 6.87. The summed E-state index contributed by atoms with van der Waals surface area (Å²) in [5.41, 5.74) is 2.65. The third kappa shape index (κ3) is 2.92. The highest BCUT2D eigenvalue weighted by atomic mass is 16.3. The molecule has 0 aliphatic carbocycles. The van der Waals surface area contributed by atoms with E-state index in [0.717, 1.165) is 17.7 Å². The number of aryl methyl sites for hydroxylation is 3. The fourth-order valence-corrected chi connectivity index (χ4v) is 2.46. The molecule has 108 valence electrons. The van der Waals surface area contributed by atoms with Gasteiger partial charge in [-0.15, -0.1) is 0 Å². The van der Waals surface area contributed by atoms with E-state index < -0.39 is 5.41 Å². The number of hydrogen-bond donors (Lipinski definition) is 2. The van der Waals surface area contributed by atoms with Crippen molar-refractivity contribution in [3.8, 4) is 0 Å². The van der Waals surface area contributed by atoms with Gasteiger partial charge in [-0.25, -0.2) is 0 Å². The molecule has 1 aromatic heterocycles. The molecule has 0 aliphatic heterocycles. The lowest BCUT2D eigenvalue weighted by molar-refractivity contribution is 0.109. The second-order valence-corrected chi connectivity index (χ2v) is 5.41. The minimum Gasteiger partial charge on any atom is -0.395 e. The Morgan fingerprint density at radius 3 is 2.25 bits per heavy atom. The van der Waals surface area contributed by atoms with E-state index in [9.17, 15) is 10.2 Å². The van der Waals surface area contributed by atoms with Gasteiger partial charge < -0.3 is 10.2 Å². The largest absolute Gasteiger partial charge is 0.395 e. The quantitative estimate of drug-likeness (QED) is 0.841. The first-order valence-electron chi connectivity index (χ1n) is 6.87. The summed E-state index contributed by atoms with van der Waals surface area (Å²) in [6, 6.07) is 9.98. The maximum atomic E-state index is 9.81. The van der Waals surface area contributed by atoms with E-state index in [0.29, 0.717) is 6.42 Å². The van der Waals surface area contributed by atoms with Gasteiger partial charge in [-0.05, 0) is 31.4 Å². The molecule has 0 atom stereocenters. The minimum absolute atomic E-state index is 0.0651. The van der Waals surface area contributed by atoms with E-state index in [1.807, 2.05) is 49.0 Å². The predicted octanol–water partition coefficient (Wildman–Crippen LogP) is 1.58. The zero-order valence-electron chi connectivity index (χ0n) is 12.1. The average molecular weight is 274 g/mol. The van der Waals surface area contributed by atoms with Gasteiger partial charge in [0, 0.05) is 24.4 Å². The lowest BCUT2D eigenvalue weighted by atomic mass is 9.77. The normalized spacial score (nSPS) is 11.8. The van der Waals surface area contributed by atoms with Crippen LogP contribution in [0.15, 0.2) is 36.5 Å². The van der Waals surface area contributed by atoms with Crippen molar-refractivity contribution >= 4 is 0 Å². The van der Waals surface area contributed by atoms with Gasteiger partial charge in [0.15, 0.2) is 0 Å². The van der Waals surface area contributed by atoms with Crippen molar-refractivity contribution in [3.63, 3.8) is 0 Å². The Labute approximate surface area is 119 Å². The smallest absolute Gasteiger partial charge is 0.0550 e. The Bertz CT molecular complexity index is 542. The summed E-state index contributed by atoms with van der Waals surface area (Å²) in [7, 11) is 1.90. The number of nitrogens with zero attached hydrogens (tertiary/aromatic N) is 2. The molecule has 0 fully saturated rings. The molecule has 2 rings (SSSR count). The van der Waals surface area contributed by atoms with Crippen molar-refractivity contribution in [1.82, 2.24) is 9.78 Å². The van der Waals surface area contributed by atoms with Crippen molar-refractivity contribution in [2.45, 2.75) is 25.2 Å². The molecular weight excluding hydrogens is 252 g/mol. The van der Waals surface area contributed by atoms with Crippen LogP contribution in [0, 0.1) is 6.92 Å². The molecule has 0 unspecified atom stereocenters. The SMILES string of the molecule is Cc1ccc(C(CO)(CO)CCc2ccnn2C)cc1. The van der Waals surface area contributed by atoms with Crippen molar-refractivity contribution in [1.29, 1.82) is 0 Å². The van der Waals surface area contributed by atoms with Crippen LogP contribution in [0.5, 0.6) is 0 Å². The van der Waals surface area contributed by atoms with Crippen LogP contribution < -0.4 is 0 Å². The van der Waals surface area contributed by atoms with Gasteiger partial charge in [-0.1, -0.05) is 29.8 Å². The van der Waals surface area contributed by atoms with Gasteiger partial charge in [0.1, 0.15) is 0 Å². The molecule has 20 heavy (non-hydrogen) atoms. The van der Waals surface area contributed by atoms with Gasteiger partial charge in [0.05, 0.1) is 13.2 Å². The molecule has 0 aliphatic rings. The van der Waals surface area contributed by atoms with Gasteiger partial charge in [0.2, 0.25) is 0 Å². The summed E-state index contributed by atoms with van der Waals surface area (Å²) in [5, 5.41) is 23.8. The Morgan fingerprint density at radius 2 is 1.75 bits per heavy atom. The molecule has 2 aromatic rings. The van der Waals surface area contributed by atoms with Crippen LogP contribution in [0.1, 0.15) is 23.2 Å². The number of rotatable bonds is 6. The summed E-state index contributed by atoms with van der Waals surface area (Å²) in [5.74, 6) is 0. The number of benzene rings is 1. The van der Waals surface area contributed by atoms with Crippen LogP contribution in [0.3, 0.4) is 0 Å². The molecule has 0 bridgehead atoms. The first kappa shape index (κ1) is 14.8. The second-order valence-electron chi connectivity index (χ2n) is 5.41. The Hall–Kier alpha value is -1.65. The van der Waals surface area contributed by atoms with E-state index in [2.05, 4.69) is 5.10 Å². The summed E-state index contributed by atoms with van der Waals surface area (Å²) in [4.78, 5) is 0. The molecule has 0 radical (unpaired) electrons. The molecule has 4 heteroatoms. The lowest BCUT2D eigenvalue weighted by Crippen LogP contribution is -2.35. The number of aromatic nitrogens is 2. The van der Waals surface area contributed by atoms with Crippen molar-refractivity contribution in [2.24, 2.45) is 7.05 Å². The molecule has 0 amide bonds. The first-order chi connectivity index (χ1) is 9.61. The lowest BCUT2D eigenvalue weighted by Gasteiger charge is -2.30. The highest BCUT2D eigenvalue weighted by Gasteiger charge is 2.30. The third-order valence-electron chi connectivity index (χ3n) is 4.05. The number of aliphatic hydroxyl groups is 2. The molecule has 1 heterocycles. The van der Waals surface area contributed by atoms with Gasteiger partial charge in [-0.3, -0.25) is 4.68 Å². The van der Waals surface area contributed by atoms with E-state index in [1.165, 1.54) is 5.56 Å². The van der Waals surface area contributed by atoms with Crippen LogP contribution >= 0.6 is 0 Å². The van der Waals surface area contributed by atoms with E-state index in [1.54, 1.807) is 6.20 Å². The molecule has 0 spiro atoms. The van der Waals surface area contributed by atoms with Crippen molar-refractivity contribution in [2.75, 3.05) is 13.2 Å². The minimum atomic E-state index is -0.599. The van der Waals surface area contributed by atoms with E-state index >= 15 is 0 Å². The number of aliphatic hydroxyl groups excluding tert-OH is 2. The maximum absolute atomic E-state index is 9.81. The summed E-state index contributed by atoms with van der Waals surface area (Å²) in [6.07, 6.45) is 3.22. The second kappa shape index (κ2) is 6.20. The van der Waals surface area contributed by atoms with Crippen molar-refractivity contribution in [3.05, 3.63) is 53.3 Å². The van der Waals surface area contributed by atoms with Crippen LogP contribution in [-0.4, -0.2) is 33.2 Å². The molecule has 1 aromatic carbocycles. The summed E-state index contributed by atoms with van der Waals surface area (Å²) in [6.45, 7) is 1.90. The number of hydrogen-bond acceptors (Lipinski definition) is 3. The van der Waals surface area contributed by atoms with Gasteiger partial charge >= 0.3 is 0 Å². The monoisotopic (exact) mass is 274 g/mol. The van der Waals surface area contributed by atoms with Gasteiger partial charge in [0.25, 0.3) is 0 Å². The average Bonchev–Trinajstić information content (AvgIpc) is 2.88. The molecule has 4 nitrogen and oxygen atoms in total. The van der Waals surface area contributed by atoms with Crippen molar-refractivity contribution < 1.29 is 10.2 Å². The molecule has 2 N–H and O–H groups in total. The van der Waals surface area contributed by atoms with Gasteiger partial charge in [-0.2, -0.15) is 5.10 Å². The van der Waals surface area contributed by atoms with Crippen LogP contribution in [-0.2, 0) is 18.9 Å². The topological polar surface area (TPSA) is 58.3 Å². The summed E-state index contributed by atoms with van der Waals surface area (Å²) < 4.78 is 1.83. The van der Waals surface area contributed by atoms with E-state index in [4.69, 9.17) is 0 Å². The fraction of sp³-hybridized carbons (Fsp3) is 0.438. The summed E-state index contributed by atoms with van der Waals surface area (Å²) >= 11 is 0. The van der Waals surface area contributed by atoms with E-state index in [-0.39, 0.29) is 13.2 Å². The predicted molar refractivity (Wildman–Crippen MR) is 78.6 cm³/mol. The fourth-order valence-electron chi connectivity index (χ4n) is 2.46. The molecule has 0 saturated carbocycles. The van der Waals surface area contributed by atoms with Crippen LogP contribution in [0.4, 0.5) is 0 Å². The standard InChI is InChI=1S/C16H22N2O2/c1-13-3-5-14(6-4-13)16(11-19,12-20)9-7-15-8-10-17-18(15)2/h3-6,8,10,19-20H,7,9,11-12H2,1-2H3. The zero-order chi connectivity index (χ0) is 14.6.